The zero-order chi connectivity index (χ0) is 22.4. The van der Waals surface area contributed by atoms with Gasteiger partial charge in [-0.15, -0.1) is 0 Å². The molecule has 0 saturated carbocycles. The van der Waals surface area contributed by atoms with Crippen LogP contribution in [-0.4, -0.2) is 5.91 Å². The zero-order valence-corrected chi connectivity index (χ0v) is 18.6. The summed E-state index contributed by atoms with van der Waals surface area (Å²) in [4.78, 5) is 12.6. The number of hydrogen-bond donors (Lipinski definition) is 1. The van der Waals surface area contributed by atoms with E-state index in [1.165, 1.54) is 6.08 Å². The van der Waals surface area contributed by atoms with Crippen molar-refractivity contribution in [3.8, 4) is 11.8 Å². The Labute approximate surface area is 191 Å². The van der Waals surface area contributed by atoms with E-state index in [0.717, 1.165) is 16.7 Å². The van der Waals surface area contributed by atoms with Gasteiger partial charge in [-0.25, -0.2) is 0 Å². The quantitative estimate of drug-likeness (QED) is 0.334. The molecule has 0 aromatic heterocycles. The first-order chi connectivity index (χ1) is 14.9. The third-order valence-electron chi connectivity index (χ3n) is 4.77. The van der Waals surface area contributed by atoms with Gasteiger partial charge >= 0.3 is 0 Å². The van der Waals surface area contributed by atoms with Crippen LogP contribution in [0.15, 0.2) is 66.2 Å². The lowest BCUT2D eigenvalue weighted by Gasteiger charge is -2.10. The highest BCUT2D eigenvalue weighted by Crippen LogP contribution is 2.28. The number of aryl methyl sites for hydroxylation is 1. The van der Waals surface area contributed by atoms with Crippen LogP contribution in [0.2, 0.25) is 10.0 Å². The fourth-order valence-electron chi connectivity index (χ4n) is 2.90. The molecule has 0 aliphatic rings. The number of carbonyl (C=O) groups is 1. The molecule has 4 nitrogen and oxygen atoms in total. The minimum Gasteiger partial charge on any atom is -0.487 e. The standard InChI is InChI=1S/C25H20Cl2N2O2/c1-16-5-3-8-23(17(16)2)29-25(30)20(14-28)11-18-9-10-24(22(27)13-18)31-15-19-6-4-7-21(26)12-19/h3-13H,15H2,1-2H3,(H,29,30)/b20-11+. The maximum Gasteiger partial charge on any atom is 0.266 e. The lowest BCUT2D eigenvalue weighted by Crippen LogP contribution is -2.14. The molecule has 0 spiro atoms. The lowest BCUT2D eigenvalue weighted by molar-refractivity contribution is -0.112. The molecule has 0 unspecified atom stereocenters. The van der Waals surface area contributed by atoms with Crippen molar-refractivity contribution >= 4 is 40.9 Å². The van der Waals surface area contributed by atoms with Crippen LogP contribution in [0, 0.1) is 25.2 Å². The number of rotatable bonds is 6. The molecule has 1 amide bonds. The summed E-state index contributed by atoms with van der Waals surface area (Å²) in [6.07, 6.45) is 1.49. The second kappa shape index (κ2) is 10.2. The van der Waals surface area contributed by atoms with E-state index in [1.807, 2.05) is 50.2 Å². The van der Waals surface area contributed by atoms with Gasteiger partial charge in [0.15, 0.2) is 0 Å². The second-order valence-corrected chi connectivity index (χ2v) is 7.82. The molecule has 1 N–H and O–H groups in total. The maximum atomic E-state index is 12.6. The molecule has 0 bridgehead atoms. The van der Waals surface area contributed by atoms with Gasteiger partial charge < -0.3 is 10.1 Å². The molecule has 0 heterocycles. The van der Waals surface area contributed by atoms with Crippen LogP contribution in [0.1, 0.15) is 22.3 Å². The van der Waals surface area contributed by atoms with Crippen molar-refractivity contribution in [2.75, 3.05) is 5.32 Å². The molecule has 0 radical (unpaired) electrons. The van der Waals surface area contributed by atoms with Gasteiger partial charge in [0.05, 0.1) is 5.02 Å². The van der Waals surface area contributed by atoms with E-state index in [-0.39, 0.29) is 5.57 Å². The number of nitriles is 1. The summed E-state index contributed by atoms with van der Waals surface area (Å²) in [6, 6.07) is 20.0. The zero-order valence-electron chi connectivity index (χ0n) is 17.1. The highest BCUT2D eigenvalue weighted by Gasteiger charge is 2.12. The van der Waals surface area contributed by atoms with Crippen molar-refractivity contribution in [3.05, 3.63) is 98.5 Å². The fraction of sp³-hybridized carbons (Fsp3) is 0.120. The summed E-state index contributed by atoms with van der Waals surface area (Å²) in [7, 11) is 0. The smallest absolute Gasteiger partial charge is 0.266 e. The van der Waals surface area contributed by atoms with E-state index in [0.29, 0.717) is 33.7 Å². The van der Waals surface area contributed by atoms with Gasteiger partial charge in [0.2, 0.25) is 0 Å². The summed E-state index contributed by atoms with van der Waals surface area (Å²) in [5.74, 6) is 0.0192. The summed E-state index contributed by atoms with van der Waals surface area (Å²) in [5, 5.41) is 13.3. The van der Waals surface area contributed by atoms with Crippen LogP contribution in [0.25, 0.3) is 6.08 Å². The summed E-state index contributed by atoms with van der Waals surface area (Å²) < 4.78 is 5.76. The Hall–Kier alpha value is -3.26. The molecular formula is C25H20Cl2N2O2. The van der Waals surface area contributed by atoms with Crippen LogP contribution < -0.4 is 10.1 Å². The molecule has 6 heteroatoms. The number of amides is 1. The number of nitrogens with zero attached hydrogens (tertiary/aromatic N) is 1. The Morgan fingerprint density at radius 3 is 2.58 bits per heavy atom. The molecular weight excluding hydrogens is 431 g/mol. The van der Waals surface area contributed by atoms with E-state index >= 15 is 0 Å². The van der Waals surface area contributed by atoms with Gasteiger partial charge in [0.1, 0.15) is 24.0 Å². The first kappa shape index (κ1) is 22.4. The number of halogens is 2. The van der Waals surface area contributed by atoms with Crippen molar-refractivity contribution < 1.29 is 9.53 Å². The van der Waals surface area contributed by atoms with E-state index in [9.17, 15) is 10.1 Å². The van der Waals surface area contributed by atoms with Crippen molar-refractivity contribution in [2.45, 2.75) is 20.5 Å². The van der Waals surface area contributed by atoms with E-state index in [2.05, 4.69) is 5.32 Å². The third-order valence-corrected chi connectivity index (χ3v) is 5.30. The first-order valence-corrected chi connectivity index (χ1v) is 10.3. The van der Waals surface area contributed by atoms with Gasteiger partial charge in [-0.05, 0) is 72.5 Å². The minimum absolute atomic E-state index is 0.0235. The molecule has 0 saturated heterocycles. The molecule has 0 fully saturated rings. The SMILES string of the molecule is Cc1cccc(NC(=O)/C(C#N)=C/c2ccc(OCc3cccc(Cl)c3)c(Cl)c2)c1C. The molecule has 0 aliphatic heterocycles. The Morgan fingerprint density at radius 1 is 1.10 bits per heavy atom. The van der Waals surface area contributed by atoms with Crippen molar-refractivity contribution in [3.63, 3.8) is 0 Å². The topological polar surface area (TPSA) is 62.1 Å². The van der Waals surface area contributed by atoms with E-state index < -0.39 is 5.91 Å². The first-order valence-electron chi connectivity index (χ1n) is 9.53. The molecule has 31 heavy (non-hydrogen) atoms. The van der Waals surface area contributed by atoms with Gasteiger partial charge in [0, 0.05) is 10.7 Å². The highest BCUT2D eigenvalue weighted by molar-refractivity contribution is 6.32. The van der Waals surface area contributed by atoms with E-state index in [4.69, 9.17) is 27.9 Å². The monoisotopic (exact) mass is 450 g/mol. The summed E-state index contributed by atoms with van der Waals surface area (Å²) in [5.41, 5.74) is 4.20. The molecule has 0 atom stereocenters. The summed E-state index contributed by atoms with van der Waals surface area (Å²) >= 11 is 12.3. The Balaban J connectivity index is 1.73. The molecule has 3 rings (SSSR count). The molecule has 156 valence electrons. The maximum absolute atomic E-state index is 12.6. The Morgan fingerprint density at radius 2 is 1.87 bits per heavy atom. The lowest BCUT2D eigenvalue weighted by atomic mass is 10.1. The van der Waals surface area contributed by atoms with Crippen LogP contribution in [-0.2, 0) is 11.4 Å². The van der Waals surface area contributed by atoms with Crippen molar-refractivity contribution in [1.29, 1.82) is 5.26 Å². The number of benzene rings is 3. The number of carbonyl (C=O) groups excluding carboxylic acids is 1. The summed E-state index contributed by atoms with van der Waals surface area (Å²) in [6.45, 7) is 4.20. The van der Waals surface area contributed by atoms with Gasteiger partial charge in [-0.2, -0.15) is 5.26 Å². The van der Waals surface area contributed by atoms with Gasteiger partial charge in [-0.1, -0.05) is 53.5 Å². The predicted octanol–water partition coefficient (Wildman–Crippen LogP) is 6.73. The molecule has 3 aromatic carbocycles. The minimum atomic E-state index is -0.478. The average Bonchev–Trinajstić information content (AvgIpc) is 2.74. The number of anilines is 1. The van der Waals surface area contributed by atoms with Crippen LogP contribution in [0.4, 0.5) is 5.69 Å². The second-order valence-electron chi connectivity index (χ2n) is 6.98. The van der Waals surface area contributed by atoms with Crippen molar-refractivity contribution in [1.82, 2.24) is 0 Å². The van der Waals surface area contributed by atoms with Crippen LogP contribution >= 0.6 is 23.2 Å². The highest BCUT2D eigenvalue weighted by atomic mass is 35.5. The Kier molecular flexibility index (Phi) is 7.36. The largest absolute Gasteiger partial charge is 0.487 e. The van der Waals surface area contributed by atoms with Crippen molar-refractivity contribution in [2.24, 2.45) is 0 Å². The fourth-order valence-corrected chi connectivity index (χ4v) is 3.36. The molecule has 3 aromatic rings. The van der Waals surface area contributed by atoms with Gasteiger partial charge in [-0.3, -0.25) is 4.79 Å². The molecule has 0 aliphatic carbocycles. The third kappa shape index (κ3) is 5.88. The Bertz CT molecular complexity index is 1200. The van der Waals surface area contributed by atoms with Crippen LogP contribution in [0.5, 0.6) is 5.75 Å². The number of hydrogen-bond acceptors (Lipinski definition) is 3. The van der Waals surface area contributed by atoms with E-state index in [1.54, 1.807) is 30.3 Å². The number of nitrogens with one attached hydrogen (secondary N) is 1. The average molecular weight is 451 g/mol. The van der Waals surface area contributed by atoms with Crippen LogP contribution in [0.3, 0.4) is 0 Å². The van der Waals surface area contributed by atoms with Gasteiger partial charge in [0.25, 0.3) is 5.91 Å². The number of ether oxygens (including phenoxy) is 1. The predicted molar refractivity (Wildman–Crippen MR) is 125 cm³/mol. The normalized spacial score (nSPS) is 11.0.